The molecule has 4 heteroatoms. The summed E-state index contributed by atoms with van der Waals surface area (Å²) in [4.78, 5) is 25.9. The highest BCUT2D eigenvalue weighted by Crippen LogP contribution is 2.59. The number of aliphatic carboxylic acids is 1. The normalized spacial score (nSPS) is 22.9. The van der Waals surface area contributed by atoms with Gasteiger partial charge < -0.3 is 10.0 Å². The van der Waals surface area contributed by atoms with Crippen LogP contribution in [0.25, 0.3) is 0 Å². The Bertz CT molecular complexity index is 600. The van der Waals surface area contributed by atoms with E-state index in [-0.39, 0.29) is 17.2 Å². The van der Waals surface area contributed by atoms with E-state index in [1.54, 1.807) is 0 Å². The molecule has 1 spiro atoms. The van der Waals surface area contributed by atoms with Crippen molar-refractivity contribution in [1.82, 2.24) is 4.90 Å². The van der Waals surface area contributed by atoms with Gasteiger partial charge in [0.25, 0.3) is 0 Å². The molecule has 1 aliphatic heterocycles. The first-order valence-electron chi connectivity index (χ1n) is 8.40. The summed E-state index contributed by atoms with van der Waals surface area (Å²) in [5.74, 6) is -0.671. The van der Waals surface area contributed by atoms with Crippen LogP contribution < -0.4 is 0 Å². The van der Waals surface area contributed by atoms with Gasteiger partial charge >= 0.3 is 5.97 Å². The van der Waals surface area contributed by atoms with Gasteiger partial charge in [0, 0.05) is 18.5 Å². The summed E-state index contributed by atoms with van der Waals surface area (Å²) in [5.41, 5.74) is 0.723. The molecular formula is C19H25NO3. The van der Waals surface area contributed by atoms with Crippen molar-refractivity contribution in [2.24, 2.45) is 16.7 Å². The van der Waals surface area contributed by atoms with Crippen LogP contribution in [0, 0.1) is 16.7 Å². The lowest BCUT2D eigenvalue weighted by Crippen LogP contribution is -2.46. The minimum atomic E-state index is -0.672. The van der Waals surface area contributed by atoms with Crippen LogP contribution in [-0.4, -0.2) is 35.0 Å². The minimum Gasteiger partial charge on any atom is -0.481 e. The van der Waals surface area contributed by atoms with Crippen LogP contribution in [0.5, 0.6) is 0 Å². The molecule has 4 nitrogen and oxygen atoms in total. The van der Waals surface area contributed by atoms with E-state index in [1.807, 2.05) is 36.9 Å². The zero-order valence-electron chi connectivity index (χ0n) is 13.9. The van der Waals surface area contributed by atoms with E-state index in [0.717, 1.165) is 25.7 Å². The molecule has 1 aromatic rings. The average molecular weight is 315 g/mol. The second kappa shape index (κ2) is 5.66. The average Bonchev–Trinajstić information content (AvgIpc) is 3.22. The summed E-state index contributed by atoms with van der Waals surface area (Å²) in [7, 11) is 0. The largest absolute Gasteiger partial charge is 0.481 e. The lowest BCUT2D eigenvalue weighted by atomic mass is 9.82. The number of carboxylic acid groups (broad SMARTS) is 1. The molecule has 1 saturated heterocycles. The zero-order valence-corrected chi connectivity index (χ0v) is 13.9. The van der Waals surface area contributed by atoms with Crippen LogP contribution in [0.1, 0.15) is 38.7 Å². The summed E-state index contributed by atoms with van der Waals surface area (Å²) in [6.45, 7) is 5.40. The van der Waals surface area contributed by atoms with E-state index in [2.05, 4.69) is 12.1 Å². The molecule has 0 bridgehead atoms. The first-order valence-corrected chi connectivity index (χ1v) is 8.40. The molecule has 0 aromatic heterocycles. The number of nitrogens with zero attached hydrogens (tertiary/aromatic N) is 1. The van der Waals surface area contributed by atoms with Gasteiger partial charge in [0.15, 0.2) is 0 Å². The minimum absolute atomic E-state index is 0.0216. The molecule has 1 unspecified atom stereocenters. The van der Waals surface area contributed by atoms with Crippen LogP contribution in [0.15, 0.2) is 30.3 Å². The summed E-state index contributed by atoms with van der Waals surface area (Å²) in [6, 6.07) is 10.1. The Morgan fingerprint density at radius 2 is 1.83 bits per heavy atom. The molecule has 1 aromatic carbocycles. The van der Waals surface area contributed by atoms with Gasteiger partial charge in [0.1, 0.15) is 0 Å². The predicted molar refractivity (Wildman–Crippen MR) is 87.9 cm³/mol. The van der Waals surface area contributed by atoms with Crippen LogP contribution in [0.4, 0.5) is 0 Å². The molecular weight excluding hydrogens is 290 g/mol. The number of likely N-dealkylation sites (tertiary alicyclic amines) is 1. The first kappa shape index (κ1) is 16.0. The Labute approximate surface area is 137 Å². The maximum Gasteiger partial charge on any atom is 0.307 e. The van der Waals surface area contributed by atoms with Crippen molar-refractivity contribution in [1.29, 1.82) is 0 Å². The van der Waals surface area contributed by atoms with Crippen molar-refractivity contribution >= 4 is 11.9 Å². The van der Waals surface area contributed by atoms with Crippen molar-refractivity contribution in [2.45, 2.75) is 39.5 Å². The molecule has 2 fully saturated rings. The van der Waals surface area contributed by atoms with E-state index < -0.39 is 11.4 Å². The monoisotopic (exact) mass is 315 g/mol. The van der Waals surface area contributed by atoms with Gasteiger partial charge in [-0.25, -0.2) is 0 Å². The smallest absolute Gasteiger partial charge is 0.307 e. The third-order valence-electron chi connectivity index (χ3n) is 5.60. The Morgan fingerprint density at radius 3 is 2.35 bits per heavy atom. The van der Waals surface area contributed by atoms with E-state index in [1.165, 1.54) is 5.56 Å². The lowest BCUT2D eigenvalue weighted by Gasteiger charge is -2.37. The number of amides is 1. The number of carboxylic acids is 1. The number of piperidine rings is 1. The zero-order chi connectivity index (χ0) is 16.7. The van der Waals surface area contributed by atoms with E-state index in [0.29, 0.717) is 13.1 Å². The summed E-state index contributed by atoms with van der Waals surface area (Å²) >= 11 is 0. The van der Waals surface area contributed by atoms with Crippen LogP contribution in [-0.2, 0) is 16.0 Å². The maximum atomic E-state index is 12.9. The number of hydrogen-bond acceptors (Lipinski definition) is 2. The van der Waals surface area contributed by atoms with E-state index in [4.69, 9.17) is 5.11 Å². The molecule has 124 valence electrons. The molecule has 1 N–H and O–H groups in total. The fourth-order valence-electron chi connectivity index (χ4n) is 4.01. The van der Waals surface area contributed by atoms with Gasteiger partial charge in [0.2, 0.25) is 5.91 Å². The number of rotatable bonds is 4. The van der Waals surface area contributed by atoms with E-state index in [9.17, 15) is 9.59 Å². The molecule has 1 saturated carbocycles. The fourth-order valence-corrected chi connectivity index (χ4v) is 4.01. The number of hydrogen-bond donors (Lipinski definition) is 1. The Hall–Kier alpha value is -1.84. The highest BCUT2D eigenvalue weighted by atomic mass is 16.4. The molecule has 2 aliphatic rings. The second-order valence-corrected chi connectivity index (χ2v) is 7.80. The van der Waals surface area contributed by atoms with Gasteiger partial charge in [-0.3, -0.25) is 9.59 Å². The van der Waals surface area contributed by atoms with Crippen molar-refractivity contribution in [2.75, 3.05) is 13.1 Å². The highest BCUT2D eigenvalue weighted by molar-refractivity contribution is 5.82. The van der Waals surface area contributed by atoms with Crippen LogP contribution in [0.3, 0.4) is 0 Å². The molecule has 1 atom stereocenters. The molecule has 0 radical (unpaired) electrons. The standard InChI is InChI=1S/C19H25NO3/c1-18(2,12-14-6-4-3-5-7-14)17(23)20-10-8-19(9-11-20)13-15(19)16(21)22/h3-7,15H,8-13H2,1-2H3,(H,21,22). The van der Waals surface area contributed by atoms with Crippen LogP contribution in [0.2, 0.25) is 0 Å². The van der Waals surface area contributed by atoms with Gasteiger partial charge in [-0.05, 0) is 36.7 Å². The third-order valence-corrected chi connectivity index (χ3v) is 5.60. The number of carbonyl (C=O) groups is 2. The second-order valence-electron chi connectivity index (χ2n) is 7.80. The van der Waals surface area contributed by atoms with Crippen molar-refractivity contribution in [3.05, 3.63) is 35.9 Å². The van der Waals surface area contributed by atoms with Gasteiger partial charge in [0.05, 0.1) is 5.92 Å². The maximum absolute atomic E-state index is 12.9. The molecule has 23 heavy (non-hydrogen) atoms. The molecule has 3 rings (SSSR count). The van der Waals surface area contributed by atoms with E-state index >= 15 is 0 Å². The third kappa shape index (κ3) is 3.12. The predicted octanol–water partition coefficient (Wildman–Crippen LogP) is 2.97. The molecule has 1 amide bonds. The summed E-state index contributed by atoms with van der Waals surface area (Å²) in [6.07, 6.45) is 3.18. The summed E-state index contributed by atoms with van der Waals surface area (Å²) in [5, 5.41) is 9.16. The Morgan fingerprint density at radius 1 is 1.22 bits per heavy atom. The Kier molecular flexibility index (Phi) is 3.95. The number of carbonyl (C=O) groups excluding carboxylic acids is 1. The fraction of sp³-hybridized carbons (Fsp3) is 0.579. The van der Waals surface area contributed by atoms with Crippen LogP contribution >= 0.6 is 0 Å². The lowest BCUT2D eigenvalue weighted by molar-refractivity contribution is -0.142. The molecule has 1 heterocycles. The van der Waals surface area contributed by atoms with Gasteiger partial charge in [-0.15, -0.1) is 0 Å². The van der Waals surface area contributed by atoms with Crippen molar-refractivity contribution < 1.29 is 14.7 Å². The first-order chi connectivity index (χ1) is 10.8. The van der Waals surface area contributed by atoms with Gasteiger partial charge in [-0.1, -0.05) is 44.2 Å². The van der Waals surface area contributed by atoms with Crippen molar-refractivity contribution in [3.63, 3.8) is 0 Å². The highest BCUT2D eigenvalue weighted by Gasteiger charge is 2.59. The quantitative estimate of drug-likeness (QED) is 0.929. The molecule has 1 aliphatic carbocycles. The SMILES string of the molecule is CC(C)(Cc1ccccc1)C(=O)N1CCC2(CC1)CC2C(=O)O. The van der Waals surface area contributed by atoms with Gasteiger partial charge in [-0.2, -0.15) is 0 Å². The van der Waals surface area contributed by atoms with Crippen molar-refractivity contribution in [3.8, 4) is 0 Å². The number of benzene rings is 1. The topological polar surface area (TPSA) is 57.6 Å². The Balaban J connectivity index is 1.60. The summed E-state index contributed by atoms with van der Waals surface area (Å²) < 4.78 is 0.